The molecule has 2 aromatic heterocycles. The molecule has 0 fully saturated rings. The van der Waals surface area contributed by atoms with E-state index in [2.05, 4.69) is 30.1 Å². The highest BCUT2D eigenvalue weighted by atomic mass is 19.1. The number of hydrogen-bond acceptors (Lipinski definition) is 6. The minimum absolute atomic E-state index is 0.0421. The highest BCUT2D eigenvalue weighted by Crippen LogP contribution is 2.33. The number of aromatic amines is 1. The van der Waals surface area contributed by atoms with Crippen LogP contribution in [0.1, 0.15) is 11.1 Å². The molecule has 5 rings (SSSR count). The van der Waals surface area contributed by atoms with Crippen LogP contribution in [0.2, 0.25) is 0 Å². The van der Waals surface area contributed by atoms with E-state index in [1.54, 1.807) is 12.1 Å². The Hall–Kier alpha value is -4.64. The molecule has 0 radical (unpaired) electrons. The lowest BCUT2D eigenvalue weighted by Crippen LogP contribution is -2.34. The fourth-order valence-corrected chi connectivity index (χ4v) is 3.56. The number of anilines is 1. The second-order valence-electron chi connectivity index (χ2n) is 7.66. The molecular weight excluding hydrogens is 470 g/mol. The molecule has 1 amide bonds. The average Bonchev–Trinajstić information content (AvgIpc) is 3.54. The maximum Gasteiger partial charge on any atom is 0.413 e. The van der Waals surface area contributed by atoms with Crippen molar-refractivity contribution in [2.75, 3.05) is 12.4 Å². The van der Waals surface area contributed by atoms with E-state index in [1.807, 2.05) is 24.3 Å². The third kappa shape index (κ3) is 5.53. The van der Waals surface area contributed by atoms with E-state index in [4.69, 9.17) is 0 Å². The molecule has 1 unspecified atom stereocenters. The van der Waals surface area contributed by atoms with Crippen LogP contribution in [0.4, 0.5) is 19.5 Å². The number of fused-ring (bicyclic) bond motifs is 1. The van der Waals surface area contributed by atoms with Gasteiger partial charge in [-0.2, -0.15) is 5.10 Å². The molecule has 11 heteroatoms. The summed E-state index contributed by atoms with van der Waals surface area (Å²) in [6.07, 6.45) is 2.21. The monoisotopic (exact) mass is 492 g/mol. The van der Waals surface area contributed by atoms with Gasteiger partial charge in [-0.1, -0.05) is 42.5 Å². The molecule has 3 N–H and O–H groups in total. The number of ether oxygens (including phenoxy) is 1. The van der Waals surface area contributed by atoms with Crippen molar-refractivity contribution in [2.24, 2.45) is 0 Å². The van der Waals surface area contributed by atoms with Gasteiger partial charge in [-0.25, -0.2) is 28.2 Å². The molecule has 0 bridgehead atoms. The lowest BCUT2D eigenvalue weighted by atomic mass is 9.86. The van der Waals surface area contributed by atoms with E-state index >= 15 is 0 Å². The smallest absolute Gasteiger partial charge is 0.413 e. The van der Waals surface area contributed by atoms with Gasteiger partial charge in [-0.3, -0.25) is 5.32 Å². The number of carbonyl (C=O) groups excluding carboxylic acids is 1. The molecule has 0 spiro atoms. The van der Waals surface area contributed by atoms with Crippen LogP contribution < -0.4 is 5.32 Å². The summed E-state index contributed by atoms with van der Waals surface area (Å²) in [6.45, 7) is -0.0421. The Labute approximate surface area is 204 Å². The normalized spacial score (nSPS) is 12.3. The lowest BCUT2D eigenvalue weighted by Gasteiger charge is -2.29. The summed E-state index contributed by atoms with van der Waals surface area (Å²) < 4.78 is 33.2. The van der Waals surface area contributed by atoms with Gasteiger partial charge in [0.15, 0.2) is 0 Å². The van der Waals surface area contributed by atoms with Gasteiger partial charge in [-0.15, -0.1) is 0 Å². The Morgan fingerprint density at radius 1 is 1.08 bits per heavy atom. The van der Waals surface area contributed by atoms with Crippen LogP contribution >= 0.6 is 0 Å². The zero-order valence-corrected chi connectivity index (χ0v) is 19.1. The van der Waals surface area contributed by atoms with Gasteiger partial charge in [0.25, 0.3) is 0 Å². The summed E-state index contributed by atoms with van der Waals surface area (Å²) in [5, 5.41) is 17.5. The predicted molar refractivity (Wildman–Crippen MR) is 128 cm³/mol. The number of hydrogen-bond donors (Lipinski definition) is 3. The van der Waals surface area contributed by atoms with Crippen molar-refractivity contribution in [1.82, 2.24) is 24.7 Å². The molecular formula is C25H22F2N6O3. The van der Waals surface area contributed by atoms with Crippen LogP contribution in [-0.2, 0) is 16.9 Å². The van der Waals surface area contributed by atoms with E-state index in [0.717, 1.165) is 11.0 Å². The van der Waals surface area contributed by atoms with Gasteiger partial charge in [0.1, 0.15) is 29.9 Å². The van der Waals surface area contributed by atoms with E-state index in [0.29, 0.717) is 11.5 Å². The van der Waals surface area contributed by atoms with Crippen LogP contribution in [0.15, 0.2) is 85.5 Å². The molecule has 36 heavy (non-hydrogen) atoms. The van der Waals surface area contributed by atoms with Crippen molar-refractivity contribution >= 4 is 23.1 Å². The molecule has 184 valence electrons. The molecule has 2 heterocycles. The summed E-state index contributed by atoms with van der Waals surface area (Å²) in [5.74, 6) is -0.590. The van der Waals surface area contributed by atoms with Gasteiger partial charge in [0, 0.05) is 5.56 Å². The Bertz CT molecular complexity index is 1410. The fraction of sp³-hybridized carbons (Fsp3) is 0.120. The van der Waals surface area contributed by atoms with Gasteiger partial charge in [0.2, 0.25) is 5.95 Å². The molecule has 0 aliphatic rings. The van der Waals surface area contributed by atoms with E-state index in [-0.39, 0.29) is 12.1 Å². The zero-order valence-electron chi connectivity index (χ0n) is 19.1. The Balaban J connectivity index is 0.000000187. The van der Waals surface area contributed by atoms with Crippen molar-refractivity contribution in [3.63, 3.8) is 0 Å². The van der Waals surface area contributed by atoms with Crippen molar-refractivity contribution in [2.45, 2.75) is 12.1 Å². The number of aliphatic hydroxyl groups is 1. The van der Waals surface area contributed by atoms with E-state index < -0.39 is 23.3 Å². The Morgan fingerprint density at radius 2 is 1.81 bits per heavy atom. The second-order valence-corrected chi connectivity index (χ2v) is 7.66. The number of nitrogens with one attached hydrogen (secondary N) is 2. The van der Waals surface area contributed by atoms with E-state index in [9.17, 15) is 18.7 Å². The number of aromatic nitrogens is 5. The number of benzene rings is 3. The predicted octanol–water partition coefficient (Wildman–Crippen LogP) is 4.23. The fourth-order valence-electron chi connectivity index (χ4n) is 3.56. The minimum atomic E-state index is -1.69. The zero-order chi connectivity index (χ0) is 25.5. The third-order valence-corrected chi connectivity index (χ3v) is 5.29. The van der Waals surface area contributed by atoms with Gasteiger partial charge >= 0.3 is 6.09 Å². The number of nitrogens with zero attached hydrogens (tertiary/aromatic N) is 4. The maximum atomic E-state index is 14.2. The Morgan fingerprint density at radius 3 is 2.47 bits per heavy atom. The summed E-state index contributed by atoms with van der Waals surface area (Å²) in [4.78, 5) is 21.8. The number of methoxy groups -OCH3 is 1. The van der Waals surface area contributed by atoms with Gasteiger partial charge in [0.05, 0.1) is 24.7 Å². The standard InChI is InChI=1S/C16H13F2N3O.C9H9N3O2/c17-13-7-5-12(6-8-13)16(22,9-21-11-19-10-20-21)14-3-1-2-4-15(14)18;1-14-9(13)12-8-10-6-4-2-3-5-7(6)11-8/h1-8,10-11,22H,9H2;2-5H,1H3,(H2,10,11,12,13). The number of rotatable bonds is 5. The molecule has 0 saturated carbocycles. The molecule has 5 aromatic rings. The maximum absolute atomic E-state index is 14.2. The summed E-state index contributed by atoms with van der Waals surface area (Å²) >= 11 is 0. The van der Waals surface area contributed by atoms with Gasteiger partial charge in [-0.05, 0) is 35.9 Å². The second kappa shape index (κ2) is 10.7. The van der Waals surface area contributed by atoms with Crippen molar-refractivity contribution in [3.8, 4) is 0 Å². The minimum Gasteiger partial charge on any atom is -0.453 e. The van der Waals surface area contributed by atoms with Crippen molar-refractivity contribution < 1.29 is 23.4 Å². The van der Waals surface area contributed by atoms with Crippen LogP contribution in [-0.4, -0.2) is 43.0 Å². The highest BCUT2D eigenvalue weighted by molar-refractivity contribution is 5.86. The topological polar surface area (TPSA) is 118 Å². The van der Waals surface area contributed by atoms with Crippen LogP contribution in [0.25, 0.3) is 11.0 Å². The number of carbonyl (C=O) groups is 1. The molecule has 0 aliphatic carbocycles. The quantitative estimate of drug-likeness (QED) is 0.338. The van der Waals surface area contributed by atoms with E-state index in [1.165, 1.54) is 60.8 Å². The van der Waals surface area contributed by atoms with Gasteiger partial charge < -0.3 is 14.8 Å². The number of imidazole rings is 1. The lowest BCUT2D eigenvalue weighted by molar-refractivity contribution is 0.0535. The summed E-state index contributed by atoms with van der Waals surface area (Å²) in [5.41, 5.74) is 0.455. The van der Waals surface area contributed by atoms with Crippen LogP contribution in [0.3, 0.4) is 0 Å². The number of H-pyrrole nitrogens is 1. The average molecular weight is 492 g/mol. The van der Waals surface area contributed by atoms with Crippen molar-refractivity contribution in [1.29, 1.82) is 0 Å². The molecule has 0 aliphatic heterocycles. The molecule has 3 aromatic carbocycles. The first-order valence-electron chi connectivity index (χ1n) is 10.7. The van der Waals surface area contributed by atoms with Crippen LogP contribution in [0.5, 0.6) is 0 Å². The Kier molecular flexibility index (Phi) is 7.31. The SMILES string of the molecule is COC(=O)Nc1nc2ccccc2[nH]1.OC(Cn1cncn1)(c1ccc(F)cc1)c1ccccc1F. The van der Waals surface area contributed by atoms with Crippen molar-refractivity contribution in [3.05, 3.63) is 108 Å². The third-order valence-electron chi connectivity index (χ3n) is 5.29. The molecule has 0 saturated heterocycles. The highest BCUT2D eigenvalue weighted by Gasteiger charge is 2.35. The number of para-hydroxylation sites is 2. The van der Waals surface area contributed by atoms with Crippen LogP contribution in [0, 0.1) is 11.6 Å². The summed E-state index contributed by atoms with van der Waals surface area (Å²) in [6, 6.07) is 18.8. The first-order chi connectivity index (χ1) is 17.4. The number of halogens is 2. The first kappa shape index (κ1) is 24.5. The molecule has 1 atom stereocenters. The largest absolute Gasteiger partial charge is 0.453 e. The number of amides is 1. The summed E-state index contributed by atoms with van der Waals surface area (Å²) in [7, 11) is 1.30. The molecule has 9 nitrogen and oxygen atoms in total. The first-order valence-corrected chi connectivity index (χ1v) is 10.7.